The molecule has 0 amide bonds. The number of halogens is 1. The smallest absolute Gasteiger partial charge is 0.371 e. The topological polar surface area (TPSA) is 30.9 Å². The Morgan fingerprint density at radius 2 is 1.44 bits per heavy atom. The zero-order valence-electron chi connectivity index (χ0n) is 14.0. The van der Waals surface area contributed by atoms with Crippen LogP contribution < -0.4 is 0 Å². The summed E-state index contributed by atoms with van der Waals surface area (Å²) < 4.78 is 18.7. The van der Waals surface area contributed by atoms with Gasteiger partial charge in [0.25, 0.3) is 0 Å². The Bertz CT molecular complexity index is 678. The lowest BCUT2D eigenvalue weighted by Crippen LogP contribution is -2.58. The van der Waals surface area contributed by atoms with E-state index < -0.39 is 8.80 Å². The van der Waals surface area contributed by atoms with Crippen molar-refractivity contribution in [1.29, 1.82) is 0 Å². The second-order valence-electron chi connectivity index (χ2n) is 6.35. The van der Waals surface area contributed by atoms with E-state index in [1.165, 1.54) is 5.56 Å². The Hall–Kier alpha value is -1.21. The van der Waals surface area contributed by atoms with Gasteiger partial charge in [0.15, 0.2) is 0 Å². The molecule has 3 aliphatic rings. The van der Waals surface area contributed by atoms with Gasteiger partial charge in [0.05, 0.1) is 30.9 Å². The number of rotatable bonds is 3. The Morgan fingerprint density at radius 3 is 2.00 bits per heavy atom. The third-order valence-electron chi connectivity index (χ3n) is 4.82. The number of hydrogen-bond acceptors (Lipinski definition) is 4. The molecule has 3 saturated heterocycles. The van der Waals surface area contributed by atoms with E-state index in [1.54, 1.807) is 0 Å². The molecule has 5 rings (SSSR count). The van der Waals surface area contributed by atoms with E-state index in [0.29, 0.717) is 13.2 Å². The summed E-state index contributed by atoms with van der Waals surface area (Å²) in [6.07, 6.45) is -0.172. The van der Waals surface area contributed by atoms with Crippen LogP contribution in [0.5, 0.6) is 0 Å². The van der Waals surface area contributed by atoms with Gasteiger partial charge in [-0.15, -0.1) is 11.6 Å². The lowest BCUT2D eigenvalue weighted by molar-refractivity contribution is -0.0705. The van der Waals surface area contributed by atoms with E-state index in [-0.39, 0.29) is 17.6 Å². The first-order valence-electron chi connectivity index (χ1n) is 8.67. The molecule has 132 valence electrons. The largest absolute Gasteiger partial charge is 0.517 e. The molecule has 0 N–H and O–H groups in total. The fourth-order valence-electron chi connectivity index (χ4n) is 3.62. The van der Waals surface area contributed by atoms with Crippen molar-refractivity contribution in [2.45, 2.75) is 12.1 Å². The predicted octanol–water partition coefficient (Wildman–Crippen LogP) is 3.56. The van der Waals surface area contributed by atoms with E-state index >= 15 is 0 Å². The van der Waals surface area contributed by atoms with E-state index in [2.05, 4.69) is 41.3 Å². The highest BCUT2D eigenvalue weighted by Gasteiger charge is 2.49. The molecule has 0 unspecified atom stereocenters. The van der Waals surface area contributed by atoms with Gasteiger partial charge < -0.3 is 13.3 Å². The molecule has 3 aliphatic heterocycles. The fourth-order valence-corrected chi connectivity index (χ4v) is 6.17. The third kappa shape index (κ3) is 3.53. The first-order chi connectivity index (χ1) is 12.3. The van der Waals surface area contributed by atoms with Crippen molar-refractivity contribution in [3.63, 3.8) is 0 Å². The van der Waals surface area contributed by atoms with Crippen LogP contribution in [0.15, 0.2) is 60.7 Å². The van der Waals surface area contributed by atoms with Crippen LogP contribution in [0.4, 0.5) is 0 Å². The van der Waals surface area contributed by atoms with Gasteiger partial charge in [0, 0.05) is 13.1 Å². The summed E-state index contributed by atoms with van der Waals surface area (Å²) in [5.41, 5.74) is 2.65. The van der Waals surface area contributed by atoms with Crippen molar-refractivity contribution in [3.8, 4) is 0 Å². The normalized spacial score (nSPS) is 32.6. The van der Waals surface area contributed by atoms with Gasteiger partial charge in [-0.2, -0.15) is 0 Å². The zero-order chi connectivity index (χ0) is 17.1. The third-order valence-corrected chi connectivity index (χ3v) is 8.03. The molecular formula is C19H22ClNO3Si. The molecule has 2 aromatic carbocycles. The zero-order valence-corrected chi connectivity index (χ0v) is 15.8. The first kappa shape index (κ1) is 17.2. The van der Waals surface area contributed by atoms with Crippen molar-refractivity contribution in [3.05, 3.63) is 71.8 Å². The van der Waals surface area contributed by atoms with Crippen LogP contribution in [0.25, 0.3) is 0 Å². The first-order valence-corrected chi connectivity index (χ1v) is 11.1. The maximum Gasteiger partial charge on any atom is 0.517 e. The summed E-state index contributed by atoms with van der Waals surface area (Å²) in [7, 11) is -2.88. The van der Waals surface area contributed by atoms with Gasteiger partial charge in [-0.3, -0.25) is 4.90 Å². The lowest BCUT2D eigenvalue weighted by atomic mass is 9.94. The molecule has 25 heavy (non-hydrogen) atoms. The van der Waals surface area contributed by atoms with Crippen LogP contribution in [-0.4, -0.2) is 45.5 Å². The highest BCUT2D eigenvalue weighted by atomic mass is 35.5. The van der Waals surface area contributed by atoms with Crippen molar-refractivity contribution in [2.24, 2.45) is 0 Å². The summed E-state index contributed by atoms with van der Waals surface area (Å²) in [6.45, 7) is 2.87. The van der Waals surface area contributed by atoms with Crippen LogP contribution in [-0.2, 0) is 13.3 Å². The van der Waals surface area contributed by atoms with Crippen LogP contribution >= 0.6 is 11.6 Å². The molecule has 6 heteroatoms. The Labute approximate surface area is 154 Å². The van der Waals surface area contributed by atoms with Crippen molar-refractivity contribution in [1.82, 2.24) is 4.90 Å². The molecule has 4 nitrogen and oxygen atoms in total. The van der Waals surface area contributed by atoms with Gasteiger partial charge in [-0.05, 0) is 11.1 Å². The van der Waals surface area contributed by atoms with Crippen LogP contribution in [0, 0.1) is 0 Å². The second-order valence-corrected chi connectivity index (χ2v) is 9.60. The maximum absolute atomic E-state index is 6.57. The van der Waals surface area contributed by atoms with E-state index in [9.17, 15) is 0 Å². The number of nitrogens with zero attached hydrogens (tertiary/aromatic N) is 1. The lowest BCUT2D eigenvalue weighted by Gasteiger charge is -2.46. The van der Waals surface area contributed by atoms with Crippen LogP contribution in [0.3, 0.4) is 0 Å². The number of fused-ring (bicyclic) bond motifs is 6. The minimum atomic E-state index is -2.88. The quantitative estimate of drug-likeness (QED) is 0.606. The maximum atomic E-state index is 6.57. The Kier molecular flexibility index (Phi) is 5.22. The molecule has 0 radical (unpaired) electrons. The minimum Gasteiger partial charge on any atom is -0.371 e. The molecule has 0 spiro atoms. The van der Waals surface area contributed by atoms with Crippen LogP contribution in [0.1, 0.15) is 23.3 Å². The monoisotopic (exact) mass is 375 g/mol. The van der Waals surface area contributed by atoms with Crippen molar-refractivity contribution < 1.29 is 13.3 Å². The van der Waals surface area contributed by atoms with E-state index in [1.807, 2.05) is 24.3 Å². The molecule has 0 aromatic heterocycles. The van der Waals surface area contributed by atoms with E-state index in [0.717, 1.165) is 18.7 Å². The highest BCUT2D eigenvalue weighted by molar-refractivity contribution is 6.69. The summed E-state index contributed by atoms with van der Waals surface area (Å²) in [6, 6.07) is 21.0. The van der Waals surface area contributed by atoms with Crippen molar-refractivity contribution >= 4 is 20.4 Å². The molecular weight excluding hydrogens is 354 g/mol. The van der Waals surface area contributed by atoms with Crippen molar-refractivity contribution in [2.75, 3.05) is 31.8 Å². The van der Waals surface area contributed by atoms with Gasteiger partial charge in [0.2, 0.25) is 0 Å². The Balaban J connectivity index is 1.82. The standard InChI is InChI=1S/C19H22ClNO3Si/c20-15-25-22-13-11-21(12-14-23-25)18(16-7-3-1-4-8-16)19(24-25)17-9-5-2-6-10-17/h1-10,18-19H,11-15H2/t18-,19-/m0/s1. The SMILES string of the molecule is ClC[Si]12OCCN(CCO1)[C@@H](c1ccccc1)[C@H](c1ccccc1)O2. The highest BCUT2D eigenvalue weighted by Crippen LogP contribution is 2.41. The molecule has 3 fully saturated rings. The summed E-state index contributed by atoms with van der Waals surface area (Å²) >= 11 is 6.28. The minimum absolute atomic E-state index is 0.117. The fraction of sp³-hybridized carbons (Fsp3) is 0.368. The van der Waals surface area contributed by atoms with Gasteiger partial charge in [-0.1, -0.05) is 60.7 Å². The number of hydrogen-bond donors (Lipinski definition) is 0. The summed E-state index contributed by atoms with van der Waals surface area (Å²) in [4.78, 5) is 2.40. The average Bonchev–Trinajstić information content (AvgIpc) is 2.63. The summed E-state index contributed by atoms with van der Waals surface area (Å²) in [5, 5.41) is 0. The average molecular weight is 376 g/mol. The van der Waals surface area contributed by atoms with E-state index in [4.69, 9.17) is 24.9 Å². The molecule has 0 aliphatic carbocycles. The van der Waals surface area contributed by atoms with Gasteiger partial charge in [-0.25, -0.2) is 0 Å². The molecule has 3 heterocycles. The number of benzene rings is 2. The molecule has 0 saturated carbocycles. The molecule has 2 bridgehead atoms. The molecule has 2 aromatic rings. The molecule has 2 atom stereocenters. The van der Waals surface area contributed by atoms with Crippen LogP contribution in [0.2, 0.25) is 0 Å². The van der Waals surface area contributed by atoms with Gasteiger partial charge in [0.1, 0.15) is 0 Å². The summed E-state index contributed by atoms with van der Waals surface area (Å²) in [5.74, 6) is 0. The second kappa shape index (κ2) is 7.58. The van der Waals surface area contributed by atoms with Gasteiger partial charge >= 0.3 is 8.80 Å². The Morgan fingerprint density at radius 1 is 0.880 bits per heavy atom. The number of alkyl halides is 1. The predicted molar refractivity (Wildman–Crippen MR) is 99.4 cm³/mol.